The molecular formula is C14H18N2OS. The first-order valence-electron chi connectivity index (χ1n) is 6.05. The molecular weight excluding hydrogens is 244 g/mol. The maximum absolute atomic E-state index is 6.25. The summed E-state index contributed by atoms with van der Waals surface area (Å²) in [6, 6.07) is 6.22. The van der Waals surface area contributed by atoms with Crippen molar-refractivity contribution in [2.75, 3.05) is 7.11 Å². The topological polar surface area (TPSA) is 48.1 Å². The Hall–Kier alpha value is -1.39. The minimum absolute atomic E-state index is 0.0497. The molecule has 0 aliphatic carbocycles. The molecule has 3 nitrogen and oxygen atoms in total. The molecule has 0 bridgehead atoms. The quantitative estimate of drug-likeness (QED) is 0.901. The van der Waals surface area contributed by atoms with Gasteiger partial charge in [-0.15, -0.1) is 11.3 Å². The van der Waals surface area contributed by atoms with Crippen LogP contribution in [0.1, 0.15) is 28.3 Å². The van der Waals surface area contributed by atoms with Crippen molar-refractivity contribution in [1.82, 2.24) is 4.98 Å². The zero-order valence-corrected chi connectivity index (χ0v) is 11.5. The SMILES string of the molecule is CCc1ccc(CC(N)c2ccncc2OC)s1. The molecule has 0 aliphatic rings. The molecule has 1 unspecified atom stereocenters. The van der Waals surface area contributed by atoms with Gasteiger partial charge in [-0.05, 0) is 24.6 Å². The highest BCUT2D eigenvalue weighted by atomic mass is 32.1. The fourth-order valence-corrected chi connectivity index (χ4v) is 2.93. The Balaban J connectivity index is 2.13. The van der Waals surface area contributed by atoms with Gasteiger partial charge in [-0.1, -0.05) is 6.92 Å². The molecule has 0 radical (unpaired) electrons. The van der Waals surface area contributed by atoms with E-state index in [1.165, 1.54) is 9.75 Å². The van der Waals surface area contributed by atoms with Gasteiger partial charge in [0.1, 0.15) is 5.75 Å². The summed E-state index contributed by atoms with van der Waals surface area (Å²) in [5, 5.41) is 0. The number of pyridine rings is 1. The van der Waals surface area contributed by atoms with Gasteiger partial charge in [0.15, 0.2) is 0 Å². The zero-order chi connectivity index (χ0) is 13.0. The van der Waals surface area contributed by atoms with Gasteiger partial charge in [0.2, 0.25) is 0 Å². The van der Waals surface area contributed by atoms with Crippen LogP contribution in [-0.2, 0) is 12.8 Å². The van der Waals surface area contributed by atoms with Crippen LogP contribution in [0, 0.1) is 0 Å². The molecule has 96 valence electrons. The third-order valence-corrected chi connectivity index (χ3v) is 4.17. The van der Waals surface area contributed by atoms with Crippen LogP contribution in [0.4, 0.5) is 0 Å². The van der Waals surface area contributed by atoms with Crippen LogP contribution >= 0.6 is 11.3 Å². The third kappa shape index (κ3) is 2.89. The second kappa shape index (κ2) is 5.98. The van der Waals surface area contributed by atoms with E-state index in [0.29, 0.717) is 0 Å². The van der Waals surface area contributed by atoms with Crippen molar-refractivity contribution in [2.24, 2.45) is 5.73 Å². The van der Waals surface area contributed by atoms with Crippen LogP contribution in [-0.4, -0.2) is 12.1 Å². The van der Waals surface area contributed by atoms with Gasteiger partial charge < -0.3 is 10.5 Å². The second-order valence-corrected chi connectivity index (χ2v) is 5.40. The monoisotopic (exact) mass is 262 g/mol. The Bertz CT molecular complexity index is 510. The van der Waals surface area contributed by atoms with E-state index in [1.807, 2.05) is 17.4 Å². The number of thiophene rings is 1. The van der Waals surface area contributed by atoms with Crippen molar-refractivity contribution in [3.05, 3.63) is 45.9 Å². The van der Waals surface area contributed by atoms with Crippen LogP contribution in [0.2, 0.25) is 0 Å². The van der Waals surface area contributed by atoms with Crippen molar-refractivity contribution >= 4 is 11.3 Å². The maximum atomic E-state index is 6.25. The average molecular weight is 262 g/mol. The van der Waals surface area contributed by atoms with Crippen molar-refractivity contribution in [3.63, 3.8) is 0 Å². The second-order valence-electron chi connectivity index (χ2n) is 4.15. The molecule has 2 heterocycles. The third-order valence-electron chi connectivity index (χ3n) is 2.92. The number of nitrogens with two attached hydrogens (primary N) is 1. The first kappa shape index (κ1) is 13.1. The Kier molecular flexibility index (Phi) is 4.33. The standard InChI is InChI=1S/C14H18N2OS/c1-3-10-4-5-11(18-10)8-13(15)12-6-7-16-9-14(12)17-2/h4-7,9,13H,3,8,15H2,1-2H3. The number of ether oxygens (including phenoxy) is 1. The summed E-state index contributed by atoms with van der Waals surface area (Å²) in [6.45, 7) is 2.17. The van der Waals surface area contributed by atoms with E-state index in [1.54, 1.807) is 19.5 Å². The van der Waals surface area contributed by atoms with Gasteiger partial charge in [0.25, 0.3) is 0 Å². The summed E-state index contributed by atoms with van der Waals surface area (Å²) in [6.07, 6.45) is 5.38. The van der Waals surface area contributed by atoms with Gasteiger partial charge >= 0.3 is 0 Å². The molecule has 18 heavy (non-hydrogen) atoms. The number of rotatable bonds is 5. The molecule has 0 fully saturated rings. The lowest BCUT2D eigenvalue weighted by Crippen LogP contribution is -2.14. The van der Waals surface area contributed by atoms with Gasteiger partial charge in [-0.2, -0.15) is 0 Å². The number of methoxy groups -OCH3 is 1. The molecule has 2 aromatic heterocycles. The summed E-state index contributed by atoms with van der Waals surface area (Å²) in [4.78, 5) is 6.76. The molecule has 0 amide bonds. The van der Waals surface area contributed by atoms with Crippen LogP contribution in [0.15, 0.2) is 30.6 Å². The lowest BCUT2D eigenvalue weighted by molar-refractivity contribution is 0.403. The summed E-state index contributed by atoms with van der Waals surface area (Å²) in [7, 11) is 1.65. The first-order valence-corrected chi connectivity index (χ1v) is 6.87. The van der Waals surface area contributed by atoms with Gasteiger partial charge in [-0.3, -0.25) is 4.98 Å². The smallest absolute Gasteiger partial charge is 0.141 e. The Labute approximate surface area is 112 Å². The largest absolute Gasteiger partial charge is 0.495 e. The van der Waals surface area contributed by atoms with Crippen LogP contribution in [0.25, 0.3) is 0 Å². The number of hydrogen-bond donors (Lipinski definition) is 1. The molecule has 4 heteroatoms. The predicted octanol–water partition coefficient (Wildman–Crippen LogP) is 2.96. The fraction of sp³-hybridized carbons (Fsp3) is 0.357. The Morgan fingerprint density at radius 3 is 2.78 bits per heavy atom. The average Bonchev–Trinajstić information content (AvgIpc) is 2.86. The van der Waals surface area contributed by atoms with Crippen molar-refractivity contribution in [1.29, 1.82) is 0 Å². The van der Waals surface area contributed by atoms with E-state index in [0.717, 1.165) is 24.2 Å². The molecule has 0 aromatic carbocycles. The predicted molar refractivity (Wildman–Crippen MR) is 75.1 cm³/mol. The van der Waals surface area contributed by atoms with Crippen molar-refractivity contribution < 1.29 is 4.74 Å². The van der Waals surface area contributed by atoms with Crippen LogP contribution < -0.4 is 10.5 Å². The first-order chi connectivity index (χ1) is 8.74. The summed E-state index contributed by atoms with van der Waals surface area (Å²) in [5.41, 5.74) is 7.27. The molecule has 0 aliphatic heterocycles. The van der Waals surface area contributed by atoms with E-state index in [-0.39, 0.29) is 6.04 Å². The van der Waals surface area contributed by atoms with Crippen LogP contribution in [0.3, 0.4) is 0 Å². The highest BCUT2D eigenvalue weighted by Gasteiger charge is 2.13. The number of aromatic nitrogens is 1. The molecule has 2 rings (SSSR count). The normalized spacial score (nSPS) is 12.4. The molecule has 0 saturated heterocycles. The molecule has 0 spiro atoms. The van der Waals surface area contributed by atoms with E-state index in [2.05, 4.69) is 24.0 Å². The summed E-state index contributed by atoms with van der Waals surface area (Å²) >= 11 is 1.83. The molecule has 1 atom stereocenters. The highest BCUT2D eigenvalue weighted by Crippen LogP contribution is 2.27. The van der Waals surface area contributed by atoms with E-state index >= 15 is 0 Å². The Morgan fingerprint density at radius 1 is 1.33 bits per heavy atom. The van der Waals surface area contributed by atoms with E-state index in [4.69, 9.17) is 10.5 Å². The minimum Gasteiger partial charge on any atom is -0.495 e. The zero-order valence-electron chi connectivity index (χ0n) is 10.7. The Morgan fingerprint density at radius 2 is 2.11 bits per heavy atom. The van der Waals surface area contributed by atoms with E-state index in [9.17, 15) is 0 Å². The minimum atomic E-state index is -0.0497. The molecule has 0 saturated carbocycles. The summed E-state index contributed by atoms with van der Waals surface area (Å²) < 4.78 is 5.29. The highest BCUT2D eigenvalue weighted by molar-refractivity contribution is 7.11. The van der Waals surface area contributed by atoms with E-state index < -0.39 is 0 Å². The lowest BCUT2D eigenvalue weighted by Gasteiger charge is -2.14. The maximum Gasteiger partial charge on any atom is 0.141 e. The lowest BCUT2D eigenvalue weighted by atomic mass is 10.0. The van der Waals surface area contributed by atoms with Gasteiger partial charge in [0, 0.05) is 34.0 Å². The number of hydrogen-bond acceptors (Lipinski definition) is 4. The molecule has 2 aromatic rings. The van der Waals surface area contributed by atoms with Crippen molar-refractivity contribution in [2.45, 2.75) is 25.8 Å². The summed E-state index contributed by atoms with van der Waals surface area (Å²) in [5.74, 6) is 0.761. The van der Waals surface area contributed by atoms with Crippen molar-refractivity contribution in [3.8, 4) is 5.75 Å². The number of aryl methyl sites for hydroxylation is 1. The van der Waals surface area contributed by atoms with Gasteiger partial charge in [-0.25, -0.2) is 0 Å². The van der Waals surface area contributed by atoms with Gasteiger partial charge in [0.05, 0.1) is 13.3 Å². The fourth-order valence-electron chi connectivity index (χ4n) is 1.92. The number of nitrogens with zero attached hydrogens (tertiary/aromatic N) is 1. The van der Waals surface area contributed by atoms with Crippen LogP contribution in [0.5, 0.6) is 5.75 Å². The molecule has 2 N–H and O–H groups in total.